The molecular formula is C16H30N4O. The van der Waals surface area contributed by atoms with Gasteiger partial charge in [0, 0.05) is 43.5 Å². The molecule has 1 aliphatic rings. The summed E-state index contributed by atoms with van der Waals surface area (Å²) in [6.07, 6.45) is 1.23. The fraction of sp³-hybridized carbons (Fsp3) is 0.812. The number of morpholine rings is 1. The SMILES string of the molecule is Cc1n[nH]c(C)c1CNCC(CC(C)C)N1CCOCC1. The van der Waals surface area contributed by atoms with Gasteiger partial charge in [0.2, 0.25) is 0 Å². The van der Waals surface area contributed by atoms with Crippen molar-refractivity contribution in [2.75, 3.05) is 32.8 Å². The number of H-pyrrole nitrogens is 1. The Morgan fingerprint density at radius 3 is 2.57 bits per heavy atom. The van der Waals surface area contributed by atoms with Gasteiger partial charge in [-0.3, -0.25) is 10.00 Å². The van der Waals surface area contributed by atoms with Gasteiger partial charge in [0.15, 0.2) is 0 Å². The molecule has 5 heteroatoms. The molecule has 0 aromatic carbocycles. The zero-order valence-electron chi connectivity index (χ0n) is 13.9. The summed E-state index contributed by atoms with van der Waals surface area (Å²) in [5, 5.41) is 10.9. The van der Waals surface area contributed by atoms with Crippen LogP contribution in [0.25, 0.3) is 0 Å². The van der Waals surface area contributed by atoms with Gasteiger partial charge < -0.3 is 10.1 Å². The molecule has 0 radical (unpaired) electrons. The smallest absolute Gasteiger partial charge is 0.0638 e. The van der Waals surface area contributed by atoms with Crippen molar-refractivity contribution < 1.29 is 4.74 Å². The number of rotatable bonds is 7. The lowest BCUT2D eigenvalue weighted by molar-refractivity contribution is 0.0123. The predicted octanol–water partition coefficient (Wildman–Crippen LogP) is 1.86. The maximum Gasteiger partial charge on any atom is 0.0638 e. The summed E-state index contributed by atoms with van der Waals surface area (Å²) < 4.78 is 5.48. The van der Waals surface area contributed by atoms with Crippen LogP contribution < -0.4 is 5.32 Å². The monoisotopic (exact) mass is 294 g/mol. The van der Waals surface area contributed by atoms with Gasteiger partial charge >= 0.3 is 0 Å². The number of aryl methyl sites for hydroxylation is 2. The second kappa shape index (κ2) is 7.92. The van der Waals surface area contributed by atoms with E-state index in [4.69, 9.17) is 4.74 Å². The number of nitrogens with one attached hydrogen (secondary N) is 2. The van der Waals surface area contributed by atoms with Crippen molar-refractivity contribution in [2.45, 2.75) is 46.7 Å². The molecule has 2 rings (SSSR count). The van der Waals surface area contributed by atoms with Crippen LogP contribution in [0.4, 0.5) is 0 Å². The normalized spacial score (nSPS) is 18.3. The van der Waals surface area contributed by atoms with E-state index in [2.05, 4.69) is 48.1 Å². The molecule has 0 saturated carbocycles. The van der Waals surface area contributed by atoms with Crippen molar-refractivity contribution in [3.05, 3.63) is 17.0 Å². The Labute approximate surface area is 128 Å². The summed E-state index contributed by atoms with van der Waals surface area (Å²) in [6, 6.07) is 0.599. The Bertz CT molecular complexity index is 404. The van der Waals surface area contributed by atoms with E-state index in [-0.39, 0.29) is 0 Å². The van der Waals surface area contributed by atoms with Crippen molar-refractivity contribution in [3.8, 4) is 0 Å². The number of nitrogens with zero attached hydrogens (tertiary/aromatic N) is 2. The highest BCUT2D eigenvalue weighted by Gasteiger charge is 2.21. The summed E-state index contributed by atoms with van der Waals surface area (Å²) in [5.41, 5.74) is 3.58. The van der Waals surface area contributed by atoms with Gasteiger partial charge in [-0.05, 0) is 26.2 Å². The van der Waals surface area contributed by atoms with Crippen LogP contribution in [-0.2, 0) is 11.3 Å². The van der Waals surface area contributed by atoms with E-state index in [1.165, 1.54) is 17.7 Å². The average molecular weight is 294 g/mol. The van der Waals surface area contributed by atoms with Gasteiger partial charge in [-0.15, -0.1) is 0 Å². The zero-order chi connectivity index (χ0) is 15.2. The first-order valence-electron chi connectivity index (χ1n) is 8.11. The molecule has 5 nitrogen and oxygen atoms in total. The number of hydrogen-bond donors (Lipinski definition) is 2. The molecule has 1 aromatic rings. The van der Waals surface area contributed by atoms with E-state index in [0.717, 1.165) is 51.0 Å². The summed E-state index contributed by atoms with van der Waals surface area (Å²) in [4.78, 5) is 2.57. The van der Waals surface area contributed by atoms with Crippen LogP contribution in [0.5, 0.6) is 0 Å². The lowest BCUT2D eigenvalue weighted by atomic mass is 10.0. The van der Waals surface area contributed by atoms with Gasteiger partial charge in [-0.2, -0.15) is 5.10 Å². The third-order valence-corrected chi connectivity index (χ3v) is 4.27. The molecular weight excluding hydrogens is 264 g/mol. The van der Waals surface area contributed by atoms with Crippen LogP contribution in [0.3, 0.4) is 0 Å². The van der Waals surface area contributed by atoms with Crippen LogP contribution >= 0.6 is 0 Å². The highest BCUT2D eigenvalue weighted by molar-refractivity contribution is 5.22. The van der Waals surface area contributed by atoms with Gasteiger partial charge in [0.25, 0.3) is 0 Å². The van der Waals surface area contributed by atoms with E-state index in [1.807, 2.05) is 0 Å². The lowest BCUT2D eigenvalue weighted by Gasteiger charge is -2.35. The van der Waals surface area contributed by atoms with Crippen molar-refractivity contribution in [2.24, 2.45) is 5.92 Å². The Kier molecular flexibility index (Phi) is 6.21. The van der Waals surface area contributed by atoms with Crippen molar-refractivity contribution in [1.82, 2.24) is 20.4 Å². The summed E-state index contributed by atoms with van der Waals surface area (Å²) >= 11 is 0. The largest absolute Gasteiger partial charge is 0.379 e. The van der Waals surface area contributed by atoms with Gasteiger partial charge in [-0.25, -0.2) is 0 Å². The minimum absolute atomic E-state index is 0.599. The van der Waals surface area contributed by atoms with E-state index < -0.39 is 0 Å². The molecule has 1 aliphatic heterocycles. The first-order chi connectivity index (χ1) is 10.1. The highest BCUT2D eigenvalue weighted by atomic mass is 16.5. The standard InChI is InChI=1S/C16H30N4O/c1-12(2)9-15(20-5-7-21-8-6-20)10-17-11-16-13(3)18-19-14(16)4/h12,15,17H,5-11H2,1-4H3,(H,18,19). The van der Waals surface area contributed by atoms with Crippen LogP contribution in [0.1, 0.15) is 37.2 Å². The second-order valence-corrected chi connectivity index (χ2v) is 6.48. The number of hydrogen-bond acceptors (Lipinski definition) is 4. The Morgan fingerprint density at radius 1 is 1.29 bits per heavy atom. The minimum atomic E-state index is 0.599. The van der Waals surface area contributed by atoms with Gasteiger partial charge in [0.05, 0.1) is 18.9 Å². The zero-order valence-corrected chi connectivity index (χ0v) is 13.9. The highest BCUT2D eigenvalue weighted by Crippen LogP contribution is 2.14. The number of aromatic amines is 1. The van der Waals surface area contributed by atoms with E-state index in [1.54, 1.807) is 0 Å². The molecule has 1 saturated heterocycles. The summed E-state index contributed by atoms with van der Waals surface area (Å²) in [5.74, 6) is 0.719. The van der Waals surface area contributed by atoms with Crippen LogP contribution in [0.2, 0.25) is 0 Å². The first-order valence-corrected chi connectivity index (χ1v) is 8.11. The van der Waals surface area contributed by atoms with Crippen molar-refractivity contribution in [1.29, 1.82) is 0 Å². The summed E-state index contributed by atoms with van der Waals surface area (Å²) in [7, 11) is 0. The van der Waals surface area contributed by atoms with Crippen LogP contribution in [0, 0.1) is 19.8 Å². The van der Waals surface area contributed by atoms with Gasteiger partial charge in [0.1, 0.15) is 0 Å². The lowest BCUT2D eigenvalue weighted by Crippen LogP contribution is -2.48. The van der Waals surface area contributed by atoms with Crippen LogP contribution in [0.15, 0.2) is 0 Å². The molecule has 1 unspecified atom stereocenters. The van der Waals surface area contributed by atoms with E-state index in [9.17, 15) is 0 Å². The molecule has 1 fully saturated rings. The fourth-order valence-electron chi connectivity index (χ4n) is 3.05. The Balaban J connectivity index is 1.86. The first kappa shape index (κ1) is 16.5. The topological polar surface area (TPSA) is 53.2 Å². The van der Waals surface area contributed by atoms with E-state index >= 15 is 0 Å². The molecule has 0 spiro atoms. The maximum absolute atomic E-state index is 5.48. The van der Waals surface area contributed by atoms with Crippen molar-refractivity contribution in [3.63, 3.8) is 0 Å². The summed E-state index contributed by atoms with van der Waals surface area (Å²) in [6.45, 7) is 14.5. The molecule has 0 amide bonds. The van der Waals surface area contributed by atoms with Gasteiger partial charge in [-0.1, -0.05) is 13.8 Å². The molecule has 21 heavy (non-hydrogen) atoms. The number of aromatic nitrogens is 2. The predicted molar refractivity (Wildman–Crippen MR) is 85.4 cm³/mol. The Morgan fingerprint density at radius 2 is 2.00 bits per heavy atom. The Hall–Kier alpha value is -0.910. The molecule has 2 N–H and O–H groups in total. The second-order valence-electron chi connectivity index (χ2n) is 6.48. The molecule has 1 aromatic heterocycles. The minimum Gasteiger partial charge on any atom is -0.379 e. The maximum atomic E-state index is 5.48. The van der Waals surface area contributed by atoms with Crippen molar-refractivity contribution >= 4 is 0 Å². The van der Waals surface area contributed by atoms with Crippen LogP contribution in [-0.4, -0.2) is 54.0 Å². The molecule has 2 heterocycles. The quantitative estimate of drug-likeness (QED) is 0.806. The third kappa shape index (κ3) is 4.80. The third-order valence-electron chi connectivity index (χ3n) is 4.27. The average Bonchev–Trinajstić information content (AvgIpc) is 2.78. The van der Waals surface area contributed by atoms with E-state index in [0.29, 0.717) is 6.04 Å². The molecule has 0 bridgehead atoms. The molecule has 1 atom stereocenters. The number of ether oxygens (including phenoxy) is 1. The fourth-order valence-corrected chi connectivity index (χ4v) is 3.05. The molecule has 0 aliphatic carbocycles. The molecule has 120 valence electrons.